The first-order valence-electron chi connectivity index (χ1n) is 33.5. The van der Waals surface area contributed by atoms with Gasteiger partial charge in [0.15, 0.2) is 24.9 Å². The van der Waals surface area contributed by atoms with Crippen LogP contribution in [0.1, 0.15) is 24.9 Å². The van der Waals surface area contributed by atoms with Crippen molar-refractivity contribution in [3.63, 3.8) is 0 Å². The molecule has 4 aromatic carbocycles. The highest BCUT2D eigenvalue weighted by Crippen LogP contribution is 2.80. The van der Waals surface area contributed by atoms with Gasteiger partial charge in [0.2, 0.25) is 0 Å². The van der Waals surface area contributed by atoms with Gasteiger partial charge in [0.25, 0.3) is 0 Å². The quantitative estimate of drug-likeness (QED) is 0.0417. The van der Waals surface area contributed by atoms with Crippen molar-refractivity contribution in [3.8, 4) is 44.5 Å². The Hall–Kier alpha value is -7.29. The summed E-state index contributed by atoms with van der Waals surface area (Å²) in [5.74, 6) is -0.131. The van der Waals surface area contributed by atoms with Crippen molar-refractivity contribution >= 4 is 98.8 Å². The van der Waals surface area contributed by atoms with Gasteiger partial charge >= 0.3 is 75.8 Å². The highest BCUT2D eigenvalue weighted by Gasteiger charge is 2.56. The number of anilines is 4. The van der Waals surface area contributed by atoms with Crippen molar-refractivity contribution in [1.29, 1.82) is 0 Å². The average molecular weight is 1860 g/mol. The van der Waals surface area contributed by atoms with Gasteiger partial charge in [-0.1, -0.05) is 121 Å². The van der Waals surface area contributed by atoms with E-state index in [1.807, 2.05) is 24.3 Å². The topological polar surface area (TPSA) is 777 Å². The molecule has 20 atom stereocenters. The third-order valence-corrected chi connectivity index (χ3v) is 27.3. The second-order valence-corrected chi connectivity index (χ2v) is 39.0. The van der Waals surface area contributed by atoms with Gasteiger partial charge in [-0.3, -0.25) is 31.9 Å². The maximum Gasteiger partial charge on any atom is 0.492 e. The van der Waals surface area contributed by atoms with E-state index in [4.69, 9.17) is 93.2 Å². The van der Waals surface area contributed by atoms with E-state index < -0.39 is 200 Å². The van der Waals surface area contributed by atoms with E-state index >= 15 is 0 Å². The number of aromatic nitrogens is 8. The van der Waals surface area contributed by atoms with E-state index in [-0.39, 0.29) is 23.3 Å². The number of nitrogen functional groups attached to an aromatic ring is 4. The molecule has 0 saturated carbocycles. The molecular formula is C60H71Cl2N12O38P7. The van der Waals surface area contributed by atoms with Gasteiger partial charge < -0.3 is 122 Å². The molecule has 5 fully saturated rings. The van der Waals surface area contributed by atoms with E-state index in [9.17, 15) is 107 Å². The number of rotatable bonds is 22. The lowest BCUT2D eigenvalue weighted by Gasteiger charge is -2.27. The number of benzene rings is 4. The number of hydrogen-bond donors (Lipinski definition) is 19. The number of phosphoric ester groups is 1. The third-order valence-electron chi connectivity index (χ3n) is 17.1. The molecule has 0 radical (unpaired) electrons. The summed E-state index contributed by atoms with van der Waals surface area (Å²) in [6.07, 6.45) is -21.7. The molecule has 5 aliphatic rings. The monoisotopic (exact) mass is 1850 g/mol. The van der Waals surface area contributed by atoms with Crippen molar-refractivity contribution in [2.24, 2.45) is 0 Å². The van der Waals surface area contributed by atoms with Crippen LogP contribution < -0.4 is 45.7 Å². The third kappa shape index (κ3) is 23.7. The zero-order chi connectivity index (χ0) is 87.4. The van der Waals surface area contributed by atoms with Gasteiger partial charge in [0.05, 0.1) is 26.4 Å². The predicted molar refractivity (Wildman–Crippen MR) is 406 cm³/mol. The molecule has 0 bridgehead atoms. The Morgan fingerprint density at radius 3 is 0.933 bits per heavy atom. The molecule has 0 spiro atoms. The number of hydrogen-bond acceptors (Lipinski definition) is 40. The molecule has 5 aliphatic heterocycles. The molecule has 13 rings (SSSR count). The van der Waals surface area contributed by atoms with Gasteiger partial charge in [0.1, 0.15) is 96.5 Å². The highest BCUT2D eigenvalue weighted by atomic mass is 35.9. The van der Waals surface area contributed by atoms with Crippen LogP contribution in [0.15, 0.2) is 165 Å². The molecule has 8 unspecified atom stereocenters. The molecular weight excluding hydrogens is 1780 g/mol. The smallest absolute Gasteiger partial charge is 0.394 e. The summed E-state index contributed by atoms with van der Waals surface area (Å²) < 4.78 is 139. The first-order valence-corrected chi connectivity index (χ1v) is 45.9. The number of aliphatic hydroxyl groups excluding tert-OH is 9. The van der Waals surface area contributed by atoms with Crippen LogP contribution in [-0.4, -0.2) is 213 Å². The van der Waals surface area contributed by atoms with Crippen molar-refractivity contribution in [2.75, 3.05) is 49.4 Å². The maximum absolute atomic E-state index is 12.4. The van der Waals surface area contributed by atoms with Crippen molar-refractivity contribution in [1.82, 2.24) is 38.2 Å². The number of aliphatic hydroxyl groups is 9. The van der Waals surface area contributed by atoms with Gasteiger partial charge in [-0.05, 0) is 44.7 Å². The molecule has 23 N–H and O–H groups in total. The van der Waals surface area contributed by atoms with Crippen LogP contribution in [0.4, 0.5) is 23.3 Å². The number of halogens is 2. The van der Waals surface area contributed by atoms with Crippen LogP contribution >= 0.6 is 75.5 Å². The standard InChI is InChI=1S/C15H16Cl2N3O6P.C15H20N3O14P3.C15H18N3O13P3.C15H17N3O5/c16-27(17,24)25-7-10-11(21)12(22)14(26-10)20-6-9(13(18)19-15(20)23)8-4-2-1-3-5-8;16-13-9(8-4-2-1-3-5-8)6-18(15(21)17-13)14-12(20)11(19)10(30-14)7-29-34(25,26)32-35(27,28)31-33(22,23)24;16-13-9(8-4-2-1-3-5-8)6-18(15(21)17-13)14-12(20)11(19)10(28-14)7-27-34(26)30-32(22,23)29-33(24,25)31-34;16-13-9(8-4-2-1-3-5-8)6-18(15(22)17-13)14-12(21)11(20)10(7-19)23-14/h1-6,10-12,14,21-22H,7H2,(H2,18,19,23);1-6,10-12,14,19-20H,7H2,(H,25,26)(H,27,28)(H2,16,17,21)(H2,22,23,24);1-6,10-12,14,19-20H,7H2,(H,22,23)(H,24,25)(H2,16,17,21);1-6,10-12,14,19-21H,7H2,(H2,16,17,22)/t4*10-,11?,12+,14-/m1111/s1. The van der Waals surface area contributed by atoms with Crippen molar-refractivity contribution < 1.29 is 161 Å². The minimum atomic E-state index is -5.75. The fourth-order valence-electron chi connectivity index (χ4n) is 11.7. The first kappa shape index (κ1) is 94.0. The number of phosphoric acid groups is 6. The molecule has 648 valence electrons. The lowest BCUT2D eigenvalue weighted by atomic mass is 10.1. The fraction of sp³-hybridized carbons (Fsp3) is 0.333. The van der Waals surface area contributed by atoms with Crippen LogP contribution in [0.5, 0.6) is 0 Å². The van der Waals surface area contributed by atoms with Gasteiger partial charge in [-0.2, -0.15) is 41.5 Å². The SMILES string of the molecule is Nc1nc(=O)n([C@@H]2O[C@H](CO)C(O)[C@@H]2O)cc1-c1ccccc1.Nc1nc(=O)n([C@@H]2O[C@H](COP(=O)(Cl)Cl)C(O)[C@@H]2O)cc1-c1ccccc1.Nc1nc(=O)n([C@@H]2O[C@H](COP(=O)(O)OP(=O)(O)OP(=O)(O)O)C(O)[C@@H]2O)cc1-c1ccccc1.Nc1nc(=O)n([C@@H]2O[C@H](COP3(=O)OP(=O)(O)OP(=O)(O)O3)C(O)[C@@H]2O)cc1-c1ccccc1. The molecule has 8 aromatic rings. The molecule has 4 aromatic heterocycles. The normalized spacial score (nSPS) is 29.7. The molecule has 50 nitrogen and oxygen atoms in total. The molecule has 0 amide bonds. The maximum atomic E-state index is 12.4. The van der Waals surface area contributed by atoms with Crippen LogP contribution in [0.2, 0.25) is 0 Å². The molecule has 5 saturated heterocycles. The Labute approximate surface area is 675 Å². The average Bonchev–Trinajstić information content (AvgIpc) is 1.72. The molecule has 59 heteroatoms. The fourth-order valence-corrected chi connectivity index (χ4v) is 20.3. The Kier molecular flexibility index (Phi) is 30.2. The highest BCUT2D eigenvalue weighted by molar-refractivity contribution is 8.05. The Bertz CT molecular complexity index is 5540. The Balaban J connectivity index is 0.000000169. The zero-order valence-corrected chi connectivity index (χ0v) is 67.6. The molecule has 9 heterocycles. The second kappa shape index (κ2) is 38.2. The summed E-state index contributed by atoms with van der Waals surface area (Å²) in [7, 11) is -32.5. The lowest BCUT2D eigenvalue weighted by Crippen LogP contribution is -2.36. The summed E-state index contributed by atoms with van der Waals surface area (Å²) in [6, 6.07) is 35.1. The van der Waals surface area contributed by atoms with Crippen molar-refractivity contribution in [2.45, 2.75) is 98.2 Å². The zero-order valence-electron chi connectivity index (χ0n) is 59.8. The van der Waals surface area contributed by atoms with Crippen molar-refractivity contribution in [3.05, 3.63) is 188 Å². The summed E-state index contributed by atoms with van der Waals surface area (Å²) in [5.41, 5.74) is 24.2. The molecule has 119 heavy (non-hydrogen) atoms. The predicted octanol–water partition coefficient (Wildman–Crippen LogP) is 0.774. The van der Waals surface area contributed by atoms with E-state index in [1.165, 1.54) is 24.8 Å². The summed E-state index contributed by atoms with van der Waals surface area (Å²) in [4.78, 5) is 118. The van der Waals surface area contributed by atoms with E-state index in [1.54, 1.807) is 97.1 Å². The Morgan fingerprint density at radius 2 is 0.664 bits per heavy atom. The second-order valence-electron chi connectivity index (χ2n) is 25.3. The Morgan fingerprint density at radius 1 is 0.395 bits per heavy atom. The van der Waals surface area contributed by atoms with Gasteiger partial charge in [0, 0.05) is 47.0 Å². The summed E-state index contributed by atoms with van der Waals surface area (Å²) in [6.45, 7) is -2.88. The van der Waals surface area contributed by atoms with E-state index in [2.05, 4.69) is 46.0 Å². The van der Waals surface area contributed by atoms with Crippen LogP contribution in [0.25, 0.3) is 44.5 Å². The molecule has 0 aliphatic carbocycles. The largest absolute Gasteiger partial charge is 0.492 e. The van der Waals surface area contributed by atoms with Gasteiger partial charge in [-0.15, -0.1) is 0 Å². The number of ether oxygens (including phenoxy) is 4. The minimum Gasteiger partial charge on any atom is -0.394 e. The lowest BCUT2D eigenvalue weighted by molar-refractivity contribution is -0.0548. The van der Waals surface area contributed by atoms with Crippen LogP contribution in [0.3, 0.4) is 0 Å². The summed E-state index contributed by atoms with van der Waals surface area (Å²) >= 11 is 10.6. The van der Waals surface area contributed by atoms with E-state index in [0.717, 1.165) is 23.8 Å². The number of nitrogens with zero attached hydrogens (tertiary/aromatic N) is 8. The first-order chi connectivity index (χ1) is 55.6. The minimum absolute atomic E-state index is 0.0144. The number of nitrogens with two attached hydrogens (primary N) is 4. The van der Waals surface area contributed by atoms with Crippen LogP contribution in [0, 0.1) is 0 Å². The van der Waals surface area contributed by atoms with E-state index in [0.29, 0.717) is 38.9 Å². The van der Waals surface area contributed by atoms with Gasteiger partial charge in [-0.25, -0.2) is 46.6 Å². The van der Waals surface area contributed by atoms with Crippen LogP contribution in [-0.2, 0) is 86.0 Å². The summed E-state index contributed by atoms with van der Waals surface area (Å²) in [5, 5.41) is 90.8.